The van der Waals surface area contributed by atoms with E-state index in [4.69, 9.17) is 4.74 Å². The minimum absolute atomic E-state index is 0.363. The van der Waals surface area contributed by atoms with Gasteiger partial charge in [0, 0.05) is 37.9 Å². The van der Waals surface area contributed by atoms with Gasteiger partial charge in [0.05, 0.1) is 0 Å². The molecule has 114 valence electrons. The monoisotopic (exact) mass is 282 g/mol. The van der Waals surface area contributed by atoms with Crippen molar-refractivity contribution in [2.45, 2.75) is 45.7 Å². The number of carbonyl (C=O) groups is 1. The van der Waals surface area contributed by atoms with Crippen LogP contribution in [0.4, 0.5) is 0 Å². The van der Waals surface area contributed by atoms with E-state index in [1.807, 2.05) is 13.8 Å². The largest absolute Gasteiger partial charge is 0.462 e. The van der Waals surface area contributed by atoms with Crippen LogP contribution >= 0.6 is 0 Å². The Bertz CT molecular complexity index is 364. The molecule has 0 aliphatic carbocycles. The van der Waals surface area contributed by atoms with E-state index >= 15 is 0 Å². The van der Waals surface area contributed by atoms with Gasteiger partial charge in [0.25, 0.3) is 0 Å². The Morgan fingerprint density at radius 2 is 2.20 bits per heavy atom. The van der Waals surface area contributed by atoms with Crippen LogP contribution in [0.3, 0.4) is 0 Å². The van der Waals surface area contributed by atoms with E-state index in [1.165, 1.54) is 0 Å². The molecular weight excluding hydrogens is 256 g/mol. The van der Waals surface area contributed by atoms with Crippen LogP contribution in [0.2, 0.25) is 0 Å². The van der Waals surface area contributed by atoms with Gasteiger partial charge in [-0.15, -0.1) is 0 Å². The Balaban J connectivity index is 2.48. The van der Waals surface area contributed by atoms with Gasteiger partial charge in [0.2, 0.25) is 6.41 Å². The SMILES string of the molecule is CN=C(N=C(C)C)OCC1CCC(C)N1CCNC=O. The summed E-state index contributed by atoms with van der Waals surface area (Å²) in [6.45, 7) is 8.17. The van der Waals surface area contributed by atoms with Gasteiger partial charge in [-0.3, -0.25) is 9.69 Å². The van der Waals surface area contributed by atoms with Crippen LogP contribution in [0.25, 0.3) is 0 Å². The molecule has 1 fully saturated rings. The normalized spacial score (nSPS) is 23.5. The highest BCUT2D eigenvalue weighted by molar-refractivity contribution is 5.91. The molecule has 1 amide bonds. The third kappa shape index (κ3) is 5.28. The highest BCUT2D eigenvalue weighted by Gasteiger charge is 2.30. The van der Waals surface area contributed by atoms with Crippen molar-refractivity contribution in [3.05, 3.63) is 0 Å². The standard InChI is InChI=1S/C14H26N4O2/c1-11(2)17-14(15-4)20-9-13-6-5-12(3)18(13)8-7-16-10-19/h10,12-13H,5-9H2,1-4H3,(H,16,19). The number of likely N-dealkylation sites (tertiary alicyclic amines) is 1. The lowest BCUT2D eigenvalue weighted by Crippen LogP contribution is -2.41. The number of carbonyl (C=O) groups excluding carboxylic acids is 1. The third-order valence-corrected chi connectivity index (χ3v) is 3.47. The van der Waals surface area contributed by atoms with Gasteiger partial charge >= 0.3 is 6.02 Å². The van der Waals surface area contributed by atoms with Crippen molar-refractivity contribution in [1.82, 2.24) is 10.2 Å². The first-order valence-electron chi connectivity index (χ1n) is 7.12. The van der Waals surface area contributed by atoms with Crippen LogP contribution in [-0.2, 0) is 9.53 Å². The number of hydrogen-bond acceptors (Lipinski definition) is 4. The van der Waals surface area contributed by atoms with E-state index in [0.29, 0.717) is 31.3 Å². The van der Waals surface area contributed by atoms with Gasteiger partial charge in [0.15, 0.2) is 0 Å². The van der Waals surface area contributed by atoms with Gasteiger partial charge in [-0.05, 0) is 33.6 Å². The summed E-state index contributed by atoms with van der Waals surface area (Å²) in [5.74, 6) is 0. The van der Waals surface area contributed by atoms with Gasteiger partial charge < -0.3 is 10.1 Å². The van der Waals surface area contributed by atoms with Crippen molar-refractivity contribution < 1.29 is 9.53 Å². The maximum Gasteiger partial charge on any atom is 0.311 e. The molecule has 1 saturated heterocycles. The van der Waals surface area contributed by atoms with E-state index in [-0.39, 0.29) is 0 Å². The summed E-state index contributed by atoms with van der Waals surface area (Å²) in [5.41, 5.74) is 0.928. The smallest absolute Gasteiger partial charge is 0.311 e. The van der Waals surface area contributed by atoms with Gasteiger partial charge in [-0.25, -0.2) is 9.98 Å². The second-order valence-corrected chi connectivity index (χ2v) is 5.27. The summed E-state index contributed by atoms with van der Waals surface area (Å²) in [7, 11) is 1.69. The Kier molecular flexibility index (Phi) is 7.22. The van der Waals surface area contributed by atoms with Crippen LogP contribution in [0, 0.1) is 0 Å². The molecule has 0 bridgehead atoms. The average molecular weight is 282 g/mol. The second-order valence-electron chi connectivity index (χ2n) is 5.27. The van der Waals surface area contributed by atoms with Gasteiger partial charge in [-0.1, -0.05) is 0 Å². The Hall–Kier alpha value is -1.43. The first kappa shape index (κ1) is 16.6. The molecule has 1 rings (SSSR count). The van der Waals surface area contributed by atoms with Crippen LogP contribution in [0.5, 0.6) is 0 Å². The van der Waals surface area contributed by atoms with Crippen LogP contribution in [0.1, 0.15) is 33.6 Å². The van der Waals surface area contributed by atoms with E-state index in [1.54, 1.807) is 7.05 Å². The molecule has 0 aromatic carbocycles. The molecular formula is C14H26N4O2. The fourth-order valence-electron chi connectivity index (χ4n) is 2.47. The van der Waals surface area contributed by atoms with Crippen molar-refractivity contribution in [3.8, 4) is 0 Å². The molecule has 0 aromatic heterocycles. The lowest BCUT2D eigenvalue weighted by atomic mass is 10.2. The molecule has 2 atom stereocenters. The Morgan fingerprint density at radius 3 is 2.80 bits per heavy atom. The van der Waals surface area contributed by atoms with Gasteiger partial charge in [-0.2, -0.15) is 0 Å². The second kappa shape index (κ2) is 8.68. The van der Waals surface area contributed by atoms with E-state index < -0.39 is 0 Å². The predicted molar refractivity (Wildman–Crippen MR) is 81.4 cm³/mol. The van der Waals surface area contributed by atoms with Crippen LogP contribution in [0.15, 0.2) is 9.98 Å². The molecule has 1 aliphatic rings. The number of rotatable bonds is 6. The predicted octanol–water partition coefficient (Wildman–Crippen LogP) is 1.07. The van der Waals surface area contributed by atoms with Crippen LogP contribution < -0.4 is 5.32 Å². The average Bonchev–Trinajstić information content (AvgIpc) is 2.76. The quantitative estimate of drug-likeness (QED) is 0.343. The molecule has 0 radical (unpaired) electrons. The van der Waals surface area contributed by atoms with E-state index in [0.717, 1.165) is 31.5 Å². The summed E-state index contributed by atoms with van der Waals surface area (Å²) in [4.78, 5) is 21.0. The van der Waals surface area contributed by atoms with E-state index in [9.17, 15) is 4.79 Å². The summed E-state index contributed by atoms with van der Waals surface area (Å²) in [6.07, 6.45) is 3.00. The Morgan fingerprint density at radius 1 is 1.45 bits per heavy atom. The lowest BCUT2D eigenvalue weighted by molar-refractivity contribution is -0.109. The number of hydrogen-bond donors (Lipinski definition) is 1. The number of ether oxygens (including phenoxy) is 1. The fraction of sp³-hybridized carbons (Fsp3) is 0.786. The summed E-state index contributed by atoms with van der Waals surface area (Å²) >= 11 is 0. The zero-order valence-corrected chi connectivity index (χ0v) is 12.9. The fourth-order valence-corrected chi connectivity index (χ4v) is 2.47. The van der Waals surface area contributed by atoms with Gasteiger partial charge in [0.1, 0.15) is 6.61 Å². The Labute approximate surface area is 121 Å². The molecule has 0 spiro atoms. The number of amidine groups is 1. The number of nitrogens with one attached hydrogen (secondary N) is 1. The number of aliphatic imine (C=N–C) groups is 2. The summed E-state index contributed by atoms with van der Waals surface area (Å²) < 4.78 is 5.70. The summed E-state index contributed by atoms with van der Waals surface area (Å²) in [6, 6.07) is 1.33. The molecule has 0 saturated carbocycles. The van der Waals surface area contributed by atoms with Crippen molar-refractivity contribution in [3.63, 3.8) is 0 Å². The maximum absolute atomic E-state index is 10.3. The van der Waals surface area contributed by atoms with Crippen molar-refractivity contribution >= 4 is 18.1 Å². The van der Waals surface area contributed by atoms with Crippen molar-refractivity contribution in [2.24, 2.45) is 9.98 Å². The number of nitrogens with zero attached hydrogens (tertiary/aromatic N) is 3. The molecule has 1 heterocycles. The highest BCUT2D eigenvalue weighted by atomic mass is 16.5. The summed E-state index contributed by atoms with van der Waals surface area (Å²) in [5, 5.41) is 2.71. The molecule has 0 aromatic rings. The molecule has 6 nitrogen and oxygen atoms in total. The molecule has 20 heavy (non-hydrogen) atoms. The molecule has 6 heteroatoms. The topological polar surface area (TPSA) is 66.3 Å². The maximum atomic E-state index is 10.3. The third-order valence-electron chi connectivity index (χ3n) is 3.47. The van der Waals surface area contributed by atoms with Crippen LogP contribution in [-0.4, -0.2) is 61.9 Å². The molecule has 1 aliphatic heterocycles. The molecule has 2 unspecified atom stereocenters. The van der Waals surface area contributed by atoms with Crippen molar-refractivity contribution in [1.29, 1.82) is 0 Å². The van der Waals surface area contributed by atoms with E-state index in [2.05, 4.69) is 27.1 Å². The minimum Gasteiger partial charge on any atom is -0.462 e. The zero-order chi connectivity index (χ0) is 15.0. The number of amides is 1. The molecule has 1 N–H and O–H groups in total. The lowest BCUT2D eigenvalue weighted by Gasteiger charge is -2.27. The first-order valence-corrected chi connectivity index (χ1v) is 7.12. The first-order chi connectivity index (χ1) is 9.58. The highest BCUT2D eigenvalue weighted by Crippen LogP contribution is 2.23. The van der Waals surface area contributed by atoms with Crippen molar-refractivity contribution in [2.75, 3.05) is 26.7 Å². The zero-order valence-electron chi connectivity index (χ0n) is 12.9. The minimum atomic E-state index is 0.363.